The third kappa shape index (κ3) is 10.4. The number of aromatic nitrogens is 8. The molecule has 0 unspecified atom stereocenters. The van der Waals surface area contributed by atoms with E-state index in [1.807, 2.05) is 45.0 Å². The summed E-state index contributed by atoms with van der Waals surface area (Å²) in [5, 5.41) is 45.4. The van der Waals surface area contributed by atoms with Crippen LogP contribution in [0.15, 0.2) is 67.3 Å². The Bertz CT molecular complexity index is 3430. The van der Waals surface area contributed by atoms with E-state index >= 15 is 4.39 Å². The lowest BCUT2D eigenvalue weighted by Crippen LogP contribution is -2.51. The summed E-state index contributed by atoms with van der Waals surface area (Å²) < 4.78 is 36.5. The van der Waals surface area contributed by atoms with Crippen LogP contribution in [-0.2, 0) is 20.9 Å². The summed E-state index contributed by atoms with van der Waals surface area (Å²) >= 11 is 6.22. The van der Waals surface area contributed by atoms with Gasteiger partial charge in [-0.25, -0.2) is 9.07 Å². The zero-order chi connectivity index (χ0) is 53.6. The maximum atomic E-state index is 16.1. The number of pyridine rings is 1. The first kappa shape index (κ1) is 51.8. The Morgan fingerprint density at radius 3 is 2.56 bits per heavy atom. The number of aliphatic hydroxyl groups excluding tert-OH is 2. The Balaban J connectivity index is 0.889. The normalized spacial score (nSPS) is 20.2. The molecule has 1 aliphatic carbocycles. The summed E-state index contributed by atoms with van der Waals surface area (Å²) in [7, 11) is 1.63. The van der Waals surface area contributed by atoms with Crippen LogP contribution in [0.3, 0.4) is 0 Å². The highest BCUT2D eigenvalue weighted by atomic mass is 35.5. The number of rotatable bonds is 17. The second-order valence-corrected chi connectivity index (χ2v) is 21.3. The van der Waals surface area contributed by atoms with Crippen LogP contribution >= 0.6 is 11.6 Å². The molecule has 19 nitrogen and oxygen atoms in total. The van der Waals surface area contributed by atoms with Crippen molar-refractivity contribution in [1.29, 1.82) is 0 Å². The van der Waals surface area contributed by atoms with E-state index in [1.165, 1.54) is 28.0 Å². The standard InChI is InChI=1S/C56H60ClFN12O7/c1-29(2)51(55(74)69-24-39(72)17-47(69)54(73)62-36(26-71)13-12-35-20-59-15-14-43(35)57)70-25-46(66-67-70)34-8-6-32(7-9-34)28-76-52-49(48-31(4)44(58)19-45-42(48)22-61-65-45)40(33-10-11-33)18-41-50(52)63-56(77-27-30(3)75-5)64-53(41)68-23-37-16-38(68)21-60-37/h6-9,14-15,18-20,22,25,29-30,33,36-39,47,51,60,71-72H,10-11,16-17,21,23-24,26-28H2,1-5H3,(H,61,65)(H,62,73)/t30-,36+,37-,38-,39+,47-,51-/m0/s1. The van der Waals surface area contributed by atoms with Gasteiger partial charge in [0.2, 0.25) is 11.8 Å². The monoisotopic (exact) mass is 1070 g/mol. The SMILES string of the molecule is CO[C@@H](C)COc1nc(N2C[C@@H]3C[C@H]2CN3)c2cc(C3CC3)c(-c3c(C)c(F)cc4[nH]ncc34)c(OCc3ccc(-c4cn([C@H](C(=O)N5C[C@H](O)C[C@H]5C(=O)N[C@H](C#Cc5cnccc5Cl)CO)C(C)C)nn4)cc3)c2n1. The highest BCUT2D eigenvalue weighted by Gasteiger charge is 2.44. The van der Waals surface area contributed by atoms with E-state index in [-0.39, 0.29) is 62.0 Å². The van der Waals surface area contributed by atoms with E-state index < -0.39 is 42.7 Å². The molecule has 2 bridgehead atoms. The summed E-state index contributed by atoms with van der Waals surface area (Å²) in [6.07, 6.45) is 8.20. The predicted octanol–water partition coefficient (Wildman–Crippen LogP) is 6.04. The van der Waals surface area contributed by atoms with Crippen molar-refractivity contribution in [2.75, 3.05) is 44.9 Å². The molecule has 3 aliphatic heterocycles. The summed E-state index contributed by atoms with van der Waals surface area (Å²) in [5.74, 6) is 5.48. The highest BCUT2D eigenvalue weighted by molar-refractivity contribution is 6.31. The first-order valence-corrected chi connectivity index (χ1v) is 26.5. The van der Waals surface area contributed by atoms with Gasteiger partial charge in [0.05, 0.1) is 47.3 Å². The number of amides is 2. The number of halogens is 2. The van der Waals surface area contributed by atoms with Gasteiger partial charge in [-0.2, -0.15) is 15.1 Å². The third-order valence-corrected chi connectivity index (χ3v) is 15.5. The fourth-order valence-corrected chi connectivity index (χ4v) is 11.0. The van der Waals surface area contributed by atoms with E-state index in [0.29, 0.717) is 50.2 Å². The topological polar surface area (TPSA) is 231 Å². The number of likely N-dealkylation sites (tertiary alicyclic amines) is 1. The van der Waals surface area contributed by atoms with Gasteiger partial charge >= 0.3 is 6.01 Å². The molecule has 3 saturated heterocycles. The minimum absolute atomic E-state index is 0.000961. The molecule has 11 rings (SSSR count). The van der Waals surface area contributed by atoms with Gasteiger partial charge in [0.1, 0.15) is 54.2 Å². The Hall–Kier alpha value is -7.28. The lowest BCUT2D eigenvalue weighted by molar-refractivity contribution is -0.142. The molecule has 5 N–H and O–H groups in total. The second-order valence-electron chi connectivity index (χ2n) is 20.9. The number of piperazine rings is 1. The van der Waals surface area contributed by atoms with E-state index in [4.69, 9.17) is 35.8 Å². The molecule has 7 heterocycles. The number of nitrogens with one attached hydrogen (secondary N) is 3. The minimum atomic E-state index is -1.03. The Kier molecular flexibility index (Phi) is 14.5. The molecule has 400 valence electrons. The van der Waals surface area contributed by atoms with Crippen LogP contribution in [-0.4, -0.2) is 143 Å². The van der Waals surface area contributed by atoms with Crippen LogP contribution in [0.4, 0.5) is 10.2 Å². The zero-order valence-electron chi connectivity index (χ0n) is 43.3. The fourth-order valence-electron chi connectivity index (χ4n) is 10.9. The summed E-state index contributed by atoms with van der Waals surface area (Å²) in [5.41, 5.74) is 6.56. The van der Waals surface area contributed by atoms with Gasteiger partial charge in [0, 0.05) is 85.1 Å². The number of hydrogen-bond donors (Lipinski definition) is 5. The van der Waals surface area contributed by atoms with Gasteiger partial charge in [0.25, 0.3) is 0 Å². The van der Waals surface area contributed by atoms with Crippen LogP contribution in [0.1, 0.15) is 80.7 Å². The van der Waals surface area contributed by atoms with E-state index in [1.54, 1.807) is 32.5 Å². The number of benzene rings is 3. The van der Waals surface area contributed by atoms with Gasteiger partial charge in [-0.05, 0) is 79.8 Å². The van der Waals surface area contributed by atoms with Crippen LogP contribution in [0.2, 0.25) is 5.02 Å². The lowest BCUT2D eigenvalue weighted by Gasteiger charge is -2.30. The number of methoxy groups -OCH3 is 1. The molecule has 0 radical (unpaired) electrons. The lowest BCUT2D eigenvalue weighted by atomic mass is 9.88. The van der Waals surface area contributed by atoms with Crippen molar-refractivity contribution in [3.63, 3.8) is 0 Å². The maximum Gasteiger partial charge on any atom is 0.319 e. The number of nitrogens with zero attached hydrogens (tertiary/aromatic N) is 9. The van der Waals surface area contributed by atoms with Crippen molar-refractivity contribution in [1.82, 2.24) is 55.7 Å². The molecular formula is C56H60ClFN12O7. The molecule has 21 heteroatoms. The number of fused-ring (bicyclic) bond motifs is 4. The van der Waals surface area contributed by atoms with Crippen molar-refractivity contribution in [3.05, 3.63) is 100 Å². The van der Waals surface area contributed by atoms with Crippen molar-refractivity contribution in [2.45, 2.75) is 108 Å². The fraction of sp³-hybridized carbons (Fsp3) is 0.429. The number of hydrogen-bond acceptors (Lipinski definition) is 15. The molecule has 77 heavy (non-hydrogen) atoms. The number of β-amino-alcohol motifs (C(OH)–C–C–N with tert-alkyl or cyclic N) is 1. The quantitative estimate of drug-likeness (QED) is 0.0656. The van der Waals surface area contributed by atoms with Gasteiger partial charge in [-0.15, -0.1) is 5.10 Å². The first-order chi connectivity index (χ1) is 37.3. The summed E-state index contributed by atoms with van der Waals surface area (Å²) in [4.78, 5) is 46.1. The number of carbonyl (C=O) groups is 2. The molecule has 2 amide bonds. The van der Waals surface area contributed by atoms with Gasteiger partial charge < -0.3 is 44.9 Å². The van der Waals surface area contributed by atoms with Gasteiger partial charge in [0.15, 0.2) is 5.75 Å². The number of ether oxygens (including phenoxy) is 3. The predicted molar refractivity (Wildman–Crippen MR) is 286 cm³/mol. The van der Waals surface area contributed by atoms with Gasteiger partial charge in [-0.1, -0.05) is 66.8 Å². The molecule has 7 atom stereocenters. The molecule has 3 aromatic carbocycles. The molecule has 0 spiro atoms. The first-order valence-electron chi connectivity index (χ1n) is 26.1. The smallest absolute Gasteiger partial charge is 0.319 e. The molecule has 4 fully saturated rings. The highest BCUT2D eigenvalue weighted by Crippen LogP contribution is 2.53. The Morgan fingerprint density at radius 2 is 1.84 bits per heavy atom. The van der Waals surface area contributed by atoms with E-state index in [2.05, 4.69) is 58.9 Å². The number of carbonyl (C=O) groups excluding carboxylic acids is 2. The third-order valence-electron chi connectivity index (χ3n) is 15.1. The van der Waals surface area contributed by atoms with Gasteiger partial charge in [-0.3, -0.25) is 19.7 Å². The Labute approximate surface area is 448 Å². The molecular weight excluding hydrogens is 1010 g/mol. The van der Waals surface area contributed by atoms with Crippen LogP contribution in [0, 0.1) is 30.5 Å². The average molecular weight is 1070 g/mol. The number of aromatic amines is 1. The second kappa shape index (κ2) is 21.6. The largest absolute Gasteiger partial charge is 0.486 e. The van der Waals surface area contributed by atoms with Crippen molar-refractivity contribution in [3.8, 4) is 46.0 Å². The van der Waals surface area contributed by atoms with Crippen molar-refractivity contribution in [2.24, 2.45) is 5.92 Å². The molecule has 1 saturated carbocycles. The number of aliphatic hydroxyl groups is 2. The van der Waals surface area contributed by atoms with E-state index in [0.717, 1.165) is 71.2 Å². The van der Waals surface area contributed by atoms with Crippen LogP contribution in [0.5, 0.6) is 11.8 Å². The van der Waals surface area contributed by atoms with Crippen molar-refractivity contribution >= 4 is 51.0 Å². The maximum absolute atomic E-state index is 16.1. The molecule has 4 aliphatic rings. The summed E-state index contributed by atoms with van der Waals surface area (Å²) in [6, 6.07) is 10.8. The minimum Gasteiger partial charge on any atom is -0.486 e. The van der Waals surface area contributed by atoms with E-state index in [9.17, 15) is 19.8 Å². The zero-order valence-corrected chi connectivity index (χ0v) is 44.1. The van der Waals surface area contributed by atoms with Crippen molar-refractivity contribution < 1.29 is 38.4 Å². The molecule has 4 aromatic heterocycles. The van der Waals surface area contributed by atoms with Crippen LogP contribution in [0.25, 0.3) is 44.2 Å². The number of anilines is 1. The Morgan fingerprint density at radius 1 is 1.03 bits per heavy atom. The number of H-pyrrole nitrogens is 1. The molecule has 7 aromatic rings. The van der Waals surface area contributed by atoms with Crippen LogP contribution < -0.4 is 25.0 Å². The summed E-state index contributed by atoms with van der Waals surface area (Å²) in [6.45, 7) is 8.85. The average Bonchev–Trinajstić information content (AvgIpc) is 4.20.